The molecule has 0 saturated heterocycles. The summed E-state index contributed by atoms with van der Waals surface area (Å²) in [4.78, 5) is 6.78. The lowest BCUT2D eigenvalue weighted by atomic mass is 10.8. The Hall–Kier alpha value is -0.440. The standard InChI is InChI=1S/C4H6N2S/c1-3-5-2-4(7)6-3/h2,7H,1H3,(H,5,6). The predicted molar refractivity (Wildman–Crippen MR) is 30.6 cm³/mol. The number of imidazole rings is 1. The lowest BCUT2D eigenvalue weighted by molar-refractivity contribution is 1.10. The summed E-state index contributed by atoms with van der Waals surface area (Å²) in [6.45, 7) is 1.89. The Kier molecular flexibility index (Phi) is 1.06. The smallest absolute Gasteiger partial charge is 0.103 e. The Morgan fingerprint density at radius 2 is 2.57 bits per heavy atom. The Labute approximate surface area is 47.4 Å². The first-order valence-electron chi connectivity index (χ1n) is 1.99. The molecule has 1 rings (SSSR count). The quantitative estimate of drug-likeness (QED) is 0.484. The van der Waals surface area contributed by atoms with E-state index in [4.69, 9.17) is 0 Å². The van der Waals surface area contributed by atoms with Crippen LogP contribution >= 0.6 is 12.6 Å². The van der Waals surface area contributed by atoms with Crippen molar-refractivity contribution in [2.45, 2.75) is 11.9 Å². The van der Waals surface area contributed by atoms with Crippen molar-refractivity contribution in [2.24, 2.45) is 0 Å². The number of aromatic amines is 1. The van der Waals surface area contributed by atoms with Crippen LogP contribution in [0.5, 0.6) is 0 Å². The number of H-pyrrole nitrogens is 1. The van der Waals surface area contributed by atoms with Gasteiger partial charge in [-0.2, -0.15) is 0 Å². The summed E-state index contributed by atoms with van der Waals surface area (Å²) in [5.74, 6) is 0.907. The van der Waals surface area contributed by atoms with Gasteiger partial charge in [0.15, 0.2) is 0 Å². The van der Waals surface area contributed by atoms with Crippen molar-refractivity contribution in [1.82, 2.24) is 9.97 Å². The molecule has 1 aromatic rings. The second-order valence-electron chi connectivity index (χ2n) is 1.35. The second-order valence-corrected chi connectivity index (χ2v) is 1.84. The van der Waals surface area contributed by atoms with Crippen molar-refractivity contribution in [3.8, 4) is 0 Å². The van der Waals surface area contributed by atoms with E-state index < -0.39 is 0 Å². The number of nitrogens with zero attached hydrogens (tertiary/aromatic N) is 1. The average Bonchev–Trinajstić information content (AvgIpc) is 1.87. The fourth-order valence-electron chi connectivity index (χ4n) is 0.408. The molecule has 1 N–H and O–H groups in total. The molecule has 0 spiro atoms. The van der Waals surface area contributed by atoms with Crippen LogP contribution in [0.1, 0.15) is 5.82 Å². The van der Waals surface area contributed by atoms with Gasteiger partial charge >= 0.3 is 0 Å². The Bertz CT molecular complexity index is 142. The molecule has 0 aromatic carbocycles. The number of rotatable bonds is 0. The normalized spacial score (nSPS) is 9.43. The highest BCUT2D eigenvalue weighted by Crippen LogP contribution is 1.97. The van der Waals surface area contributed by atoms with E-state index in [2.05, 4.69) is 22.6 Å². The molecule has 0 saturated carbocycles. The van der Waals surface area contributed by atoms with Gasteiger partial charge in [0, 0.05) is 0 Å². The van der Waals surface area contributed by atoms with E-state index in [1.165, 1.54) is 0 Å². The number of hydrogen-bond donors (Lipinski definition) is 2. The van der Waals surface area contributed by atoms with Crippen LogP contribution in [0.4, 0.5) is 0 Å². The summed E-state index contributed by atoms with van der Waals surface area (Å²) in [6, 6.07) is 0. The number of thiol groups is 1. The molecule has 0 aliphatic heterocycles. The van der Waals surface area contributed by atoms with Crippen LogP contribution in [0, 0.1) is 6.92 Å². The van der Waals surface area contributed by atoms with Gasteiger partial charge in [0.1, 0.15) is 5.82 Å². The summed E-state index contributed by atoms with van der Waals surface area (Å²) in [5.41, 5.74) is 0. The Morgan fingerprint density at radius 3 is 2.71 bits per heavy atom. The first kappa shape index (κ1) is 4.71. The zero-order valence-corrected chi connectivity index (χ0v) is 4.87. The van der Waals surface area contributed by atoms with E-state index in [1.807, 2.05) is 6.92 Å². The van der Waals surface area contributed by atoms with E-state index in [0.717, 1.165) is 10.9 Å². The molecular weight excluding hydrogens is 108 g/mol. The maximum Gasteiger partial charge on any atom is 0.103 e. The highest BCUT2D eigenvalue weighted by molar-refractivity contribution is 7.80. The van der Waals surface area contributed by atoms with Crippen molar-refractivity contribution in [2.75, 3.05) is 0 Å². The fraction of sp³-hybridized carbons (Fsp3) is 0.250. The molecular formula is C4H6N2S. The largest absolute Gasteiger partial charge is 0.338 e. The van der Waals surface area contributed by atoms with Crippen LogP contribution in [0.2, 0.25) is 0 Å². The van der Waals surface area contributed by atoms with Crippen LogP contribution < -0.4 is 0 Å². The van der Waals surface area contributed by atoms with Gasteiger partial charge in [-0.3, -0.25) is 0 Å². The van der Waals surface area contributed by atoms with E-state index >= 15 is 0 Å². The lowest BCUT2D eigenvalue weighted by Gasteiger charge is -1.73. The summed E-state index contributed by atoms with van der Waals surface area (Å²) >= 11 is 3.99. The van der Waals surface area contributed by atoms with Gasteiger partial charge in [0.2, 0.25) is 0 Å². The lowest BCUT2D eigenvalue weighted by Crippen LogP contribution is -1.68. The van der Waals surface area contributed by atoms with Crippen molar-refractivity contribution < 1.29 is 0 Å². The molecule has 0 fully saturated rings. The van der Waals surface area contributed by atoms with Gasteiger partial charge in [-0.05, 0) is 6.92 Å². The Morgan fingerprint density at radius 1 is 1.86 bits per heavy atom. The summed E-state index contributed by atoms with van der Waals surface area (Å²) in [6.07, 6.45) is 1.68. The van der Waals surface area contributed by atoms with Crippen LogP contribution in [0.25, 0.3) is 0 Å². The average molecular weight is 114 g/mol. The number of aromatic nitrogens is 2. The molecule has 2 nitrogen and oxygen atoms in total. The van der Waals surface area contributed by atoms with Gasteiger partial charge in [0.25, 0.3) is 0 Å². The predicted octanol–water partition coefficient (Wildman–Crippen LogP) is 1.01. The minimum Gasteiger partial charge on any atom is -0.338 e. The minimum atomic E-state index is 0.817. The highest BCUT2D eigenvalue weighted by atomic mass is 32.1. The third-order valence-corrected chi connectivity index (χ3v) is 0.917. The van der Waals surface area contributed by atoms with E-state index in [9.17, 15) is 0 Å². The molecule has 0 bridgehead atoms. The summed E-state index contributed by atoms with van der Waals surface area (Å²) in [5, 5.41) is 0.817. The van der Waals surface area contributed by atoms with E-state index in [-0.39, 0.29) is 0 Å². The summed E-state index contributed by atoms with van der Waals surface area (Å²) < 4.78 is 0. The van der Waals surface area contributed by atoms with E-state index in [1.54, 1.807) is 6.20 Å². The zero-order valence-electron chi connectivity index (χ0n) is 3.97. The molecule has 0 aliphatic rings. The minimum absolute atomic E-state index is 0.817. The van der Waals surface area contributed by atoms with Crippen LogP contribution in [0.15, 0.2) is 11.2 Å². The van der Waals surface area contributed by atoms with Crippen LogP contribution in [-0.4, -0.2) is 9.97 Å². The van der Waals surface area contributed by atoms with Crippen LogP contribution in [-0.2, 0) is 0 Å². The van der Waals surface area contributed by atoms with Crippen molar-refractivity contribution in [1.29, 1.82) is 0 Å². The molecule has 1 heterocycles. The van der Waals surface area contributed by atoms with Crippen molar-refractivity contribution >= 4 is 12.6 Å². The number of aryl methyl sites for hydroxylation is 1. The second kappa shape index (κ2) is 1.58. The first-order chi connectivity index (χ1) is 3.29. The maximum atomic E-state index is 3.99. The molecule has 7 heavy (non-hydrogen) atoms. The van der Waals surface area contributed by atoms with Crippen LogP contribution in [0.3, 0.4) is 0 Å². The van der Waals surface area contributed by atoms with Gasteiger partial charge in [-0.1, -0.05) is 0 Å². The molecule has 38 valence electrons. The number of nitrogens with one attached hydrogen (secondary N) is 1. The molecule has 0 atom stereocenters. The van der Waals surface area contributed by atoms with Gasteiger partial charge in [-0.25, -0.2) is 4.98 Å². The van der Waals surface area contributed by atoms with Crippen molar-refractivity contribution in [3.63, 3.8) is 0 Å². The molecule has 0 unspecified atom stereocenters. The van der Waals surface area contributed by atoms with E-state index in [0.29, 0.717) is 0 Å². The zero-order chi connectivity index (χ0) is 5.28. The Balaban J connectivity index is 3.04. The summed E-state index contributed by atoms with van der Waals surface area (Å²) in [7, 11) is 0. The SMILES string of the molecule is Cc1ncc(S)[nH]1. The molecule has 0 aliphatic carbocycles. The molecule has 1 aromatic heterocycles. The third-order valence-electron chi connectivity index (χ3n) is 0.689. The first-order valence-corrected chi connectivity index (χ1v) is 2.44. The fourth-order valence-corrected chi connectivity index (χ4v) is 0.627. The monoisotopic (exact) mass is 114 g/mol. The third kappa shape index (κ3) is 0.962. The maximum absolute atomic E-state index is 3.99. The highest BCUT2D eigenvalue weighted by Gasteiger charge is 1.84. The molecule has 0 radical (unpaired) electrons. The molecule has 3 heteroatoms. The number of hydrogen-bond acceptors (Lipinski definition) is 2. The molecule has 0 amide bonds. The van der Waals surface area contributed by atoms with Gasteiger partial charge < -0.3 is 4.98 Å². The topological polar surface area (TPSA) is 28.7 Å². The van der Waals surface area contributed by atoms with Gasteiger partial charge in [0.05, 0.1) is 11.2 Å². The van der Waals surface area contributed by atoms with Crippen molar-refractivity contribution in [3.05, 3.63) is 12.0 Å². The van der Waals surface area contributed by atoms with Gasteiger partial charge in [-0.15, -0.1) is 12.6 Å².